The van der Waals surface area contributed by atoms with Gasteiger partial charge in [-0.25, -0.2) is 0 Å². The Balaban J connectivity index is 1.92. The highest BCUT2D eigenvalue weighted by Crippen LogP contribution is 2.20. The van der Waals surface area contributed by atoms with Crippen LogP contribution in [0.25, 0.3) is 0 Å². The fraction of sp³-hybridized carbons (Fsp3) is 0.895. The number of likely N-dealkylation sites (tertiary alicyclic amines) is 2. The predicted octanol–water partition coefficient (Wildman–Crippen LogP) is 2.73. The van der Waals surface area contributed by atoms with E-state index >= 15 is 0 Å². The zero-order valence-corrected chi connectivity index (χ0v) is 15.6. The Morgan fingerprint density at radius 1 is 1.21 bits per heavy atom. The zero-order valence-electron chi connectivity index (χ0n) is 15.6. The molecule has 2 saturated heterocycles. The van der Waals surface area contributed by atoms with Crippen LogP contribution >= 0.6 is 0 Å². The number of hydrogen-bond donors (Lipinski definition) is 0. The Morgan fingerprint density at radius 2 is 1.96 bits per heavy atom. The third-order valence-electron chi connectivity index (χ3n) is 5.42. The molecule has 0 aliphatic carbocycles. The number of likely N-dealkylation sites (N-methyl/N-ethyl adjacent to an activating group) is 1. The number of unbranched alkanes of at least 4 members (excludes halogenated alkanes) is 2. The van der Waals surface area contributed by atoms with E-state index in [1.54, 1.807) is 0 Å². The number of rotatable bonds is 9. The standard InChI is InChI=1S/C19H35N2O3/c1-3-4-6-11-19(23)24-17(15-20-12-9-10-18(20)22)16-21(2)13-7-5-8-14-21/h17H,3-16H2,1-2H3/q+1. The molecule has 1 amide bonds. The van der Waals surface area contributed by atoms with Crippen molar-refractivity contribution in [1.29, 1.82) is 0 Å². The van der Waals surface area contributed by atoms with Crippen molar-refractivity contribution in [3.63, 3.8) is 0 Å². The molecule has 24 heavy (non-hydrogen) atoms. The molecule has 2 rings (SSSR count). The predicted molar refractivity (Wildman–Crippen MR) is 94.5 cm³/mol. The second-order valence-electron chi connectivity index (χ2n) is 7.82. The molecule has 0 aromatic carbocycles. The van der Waals surface area contributed by atoms with Gasteiger partial charge in [0, 0.05) is 19.4 Å². The molecule has 2 aliphatic heterocycles. The summed E-state index contributed by atoms with van der Waals surface area (Å²) in [6, 6.07) is 0. The van der Waals surface area contributed by atoms with Crippen LogP contribution in [0.2, 0.25) is 0 Å². The van der Waals surface area contributed by atoms with E-state index in [4.69, 9.17) is 4.74 Å². The number of ether oxygens (including phenoxy) is 1. The summed E-state index contributed by atoms with van der Waals surface area (Å²) in [6.07, 6.45) is 8.78. The van der Waals surface area contributed by atoms with E-state index in [1.807, 2.05) is 4.90 Å². The normalized spacial score (nSPS) is 21.8. The van der Waals surface area contributed by atoms with Gasteiger partial charge in [-0.05, 0) is 32.1 Å². The Morgan fingerprint density at radius 3 is 2.58 bits per heavy atom. The molecule has 0 radical (unpaired) electrons. The first kappa shape index (κ1) is 19.2. The van der Waals surface area contributed by atoms with Crippen molar-refractivity contribution in [2.45, 2.75) is 70.8 Å². The number of amides is 1. The maximum absolute atomic E-state index is 12.2. The largest absolute Gasteiger partial charge is 0.454 e. The Labute approximate surface area is 146 Å². The second-order valence-corrected chi connectivity index (χ2v) is 7.82. The van der Waals surface area contributed by atoms with E-state index in [1.165, 1.54) is 19.3 Å². The van der Waals surface area contributed by atoms with E-state index in [9.17, 15) is 9.59 Å². The topological polar surface area (TPSA) is 46.6 Å². The lowest BCUT2D eigenvalue weighted by Gasteiger charge is -2.40. The maximum Gasteiger partial charge on any atom is 0.306 e. The van der Waals surface area contributed by atoms with Gasteiger partial charge in [0.05, 0.1) is 26.7 Å². The van der Waals surface area contributed by atoms with Crippen LogP contribution in [0, 0.1) is 0 Å². The number of carbonyl (C=O) groups is 2. The van der Waals surface area contributed by atoms with Crippen LogP contribution in [-0.4, -0.2) is 67.1 Å². The van der Waals surface area contributed by atoms with Gasteiger partial charge in [0.1, 0.15) is 6.54 Å². The van der Waals surface area contributed by atoms with Gasteiger partial charge in [-0.15, -0.1) is 0 Å². The van der Waals surface area contributed by atoms with Crippen molar-refractivity contribution in [1.82, 2.24) is 4.90 Å². The highest BCUT2D eigenvalue weighted by Gasteiger charge is 2.33. The van der Waals surface area contributed by atoms with Gasteiger partial charge in [-0.3, -0.25) is 9.59 Å². The minimum atomic E-state index is -0.163. The summed E-state index contributed by atoms with van der Waals surface area (Å²) in [5.41, 5.74) is 0. The smallest absolute Gasteiger partial charge is 0.306 e. The summed E-state index contributed by atoms with van der Waals surface area (Å²) < 4.78 is 6.79. The Kier molecular flexibility index (Phi) is 7.53. The first-order chi connectivity index (χ1) is 11.5. The first-order valence-electron chi connectivity index (χ1n) is 9.83. The van der Waals surface area contributed by atoms with E-state index in [0.29, 0.717) is 19.4 Å². The summed E-state index contributed by atoms with van der Waals surface area (Å²) in [6.45, 7) is 6.66. The molecule has 0 bridgehead atoms. The number of carbonyl (C=O) groups excluding carboxylic acids is 2. The average molecular weight is 340 g/mol. The summed E-state index contributed by atoms with van der Waals surface area (Å²) in [4.78, 5) is 26.0. The van der Waals surface area contributed by atoms with Crippen LogP contribution in [0.1, 0.15) is 64.7 Å². The van der Waals surface area contributed by atoms with E-state index < -0.39 is 0 Å². The molecule has 2 aliphatic rings. The highest BCUT2D eigenvalue weighted by molar-refractivity contribution is 5.78. The minimum absolute atomic E-state index is 0.0938. The molecule has 5 nitrogen and oxygen atoms in total. The lowest BCUT2D eigenvalue weighted by Crippen LogP contribution is -2.54. The van der Waals surface area contributed by atoms with Crippen molar-refractivity contribution in [3.8, 4) is 0 Å². The number of hydrogen-bond acceptors (Lipinski definition) is 3. The molecular formula is C19H35N2O3+. The van der Waals surface area contributed by atoms with Crippen LogP contribution in [-0.2, 0) is 14.3 Å². The molecule has 138 valence electrons. The lowest BCUT2D eigenvalue weighted by molar-refractivity contribution is -0.916. The first-order valence-corrected chi connectivity index (χ1v) is 9.83. The molecule has 0 saturated carbocycles. The van der Waals surface area contributed by atoms with Crippen molar-refractivity contribution in [2.75, 3.05) is 39.8 Å². The van der Waals surface area contributed by atoms with Crippen LogP contribution in [0.15, 0.2) is 0 Å². The summed E-state index contributed by atoms with van der Waals surface area (Å²) in [5, 5.41) is 0. The van der Waals surface area contributed by atoms with E-state index in [2.05, 4.69) is 14.0 Å². The fourth-order valence-electron chi connectivity index (χ4n) is 3.99. The number of esters is 1. The number of quaternary nitrogens is 1. The van der Waals surface area contributed by atoms with E-state index in [-0.39, 0.29) is 18.0 Å². The Bertz CT molecular complexity index is 419. The molecule has 5 heteroatoms. The van der Waals surface area contributed by atoms with Crippen molar-refractivity contribution in [2.24, 2.45) is 0 Å². The molecule has 0 aromatic rings. The van der Waals surface area contributed by atoms with Gasteiger partial charge >= 0.3 is 5.97 Å². The fourth-order valence-corrected chi connectivity index (χ4v) is 3.99. The molecule has 0 aromatic heterocycles. The molecular weight excluding hydrogens is 304 g/mol. The second kappa shape index (κ2) is 9.40. The maximum atomic E-state index is 12.2. The van der Waals surface area contributed by atoms with Gasteiger partial charge < -0.3 is 14.1 Å². The summed E-state index contributed by atoms with van der Waals surface area (Å²) in [7, 11) is 2.27. The number of piperidine rings is 1. The van der Waals surface area contributed by atoms with Crippen molar-refractivity contribution in [3.05, 3.63) is 0 Å². The molecule has 2 fully saturated rings. The van der Waals surface area contributed by atoms with Gasteiger partial charge in [0.15, 0.2) is 6.10 Å². The molecule has 2 heterocycles. The van der Waals surface area contributed by atoms with E-state index in [0.717, 1.165) is 56.3 Å². The third-order valence-corrected chi connectivity index (χ3v) is 5.42. The monoisotopic (exact) mass is 339 g/mol. The summed E-state index contributed by atoms with van der Waals surface area (Å²) >= 11 is 0. The van der Waals surface area contributed by atoms with Crippen LogP contribution in [0.4, 0.5) is 0 Å². The van der Waals surface area contributed by atoms with Gasteiger partial charge in [-0.1, -0.05) is 19.8 Å². The van der Waals surface area contributed by atoms with Gasteiger partial charge in [0.2, 0.25) is 5.91 Å². The van der Waals surface area contributed by atoms with Crippen molar-refractivity contribution >= 4 is 11.9 Å². The van der Waals surface area contributed by atoms with Crippen LogP contribution < -0.4 is 0 Å². The van der Waals surface area contributed by atoms with Gasteiger partial charge in [-0.2, -0.15) is 0 Å². The third kappa shape index (κ3) is 6.08. The highest BCUT2D eigenvalue weighted by atomic mass is 16.5. The average Bonchev–Trinajstić information content (AvgIpc) is 2.93. The quantitative estimate of drug-likeness (QED) is 0.369. The zero-order chi connectivity index (χ0) is 17.4. The Hall–Kier alpha value is -1.10. The molecule has 0 N–H and O–H groups in total. The SMILES string of the molecule is CCCCCC(=O)OC(CN1CCCC1=O)C[N+]1(C)CCCCC1. The van der Waals surface area contributed by atoms with Crippen molar-refractivity contribution < 1.29 is 18.8 Å². The van der Waals surface area contributed by atoms with Crippen LogP contribution in [0.3, 0.4) is 0 Å². The lowest BCUT2D eigenvalue weighted by atomic mass is 10.1. The molecule has 0 spiro atoms. The molecule has 1 atom stereocenters. The molecule has 1 unspecified atom stereocenters. The number of nitrogens with zero attached hydrogens (tertiary/aromatic N) is 2. The summed E-state index contributed by atoms with van der Waals surface area (Å²) in [5.74, 6) is 0.118. The van der Waals surface area contributed by atoms with Gasteiger partial charge in [0.25, 0.3) is 0 Å². The van der Waals surface area contributed by atoms with Crippen LogP contribution in [0.5, 0.6) is 0 Å². The minimum Gasteiger partial charge on any atom is -0.454 e.